The van der Waals surface area contributed by atoms with E-state index in [9.17, 15) is 4.79 Å². The zero-order chi connectivity index (χ0) is 22.8. The Kier molecular flexibility index (Phi) is 9.71. The molecular weight excluding hydrogens is 406 g/mol. The summed E-state index contributed by atoms with van der Waals surface area (Å²) in [6.07, 6.45) is 6.58. The van der Waals surface area contributed by atoms with Gasteiger partial charge in [0.05, 0.1) is 19.4 Å². The fourth-order valence-corrected chi connectivity index (χ4v) is 4.53. The van der Waals surface area contributed by atoms with Crippen molar-refractivity contribution in [2.24, 2.45) is 10.9 Å². The number of furan rings is 1. The highest BCUT2D eigenvalue weighted by atomic mass is 16.6. The molecule has 0 spiro atoms. The standard InChI is InChI=1S/C24H41N5O3/c1-4-31-24(30)28-14-10-20(11-15-28)27-23(25-12-9-22-8-6-16-32-22)26-17-21-7-5-13-29(21)18-19(2)3/h6,8,16,19-21H,4-5,7,9-15,17-18H2,1-3H3,(H2,25,26,27)/t21-/m1/s1. The van der Waals surface area contributed by atoms with Gasteiger partial charge in [0.1, 0.15) is 5.76 Å². The Bertz CT molecular complexity index is 698. The highest BCUT2D eigenvalue weighted by Gasteiger charge is 2.26. The molecule has 2 aliphatic heterocycles. The lowest BCUT2D eigenvalue weighted by Crippen LogP contribution is -2.50. The van der Waals surface area contributed by atoms with Crippen LogP contribution in [0.15, 0.2) is 27.8 Å². The van der Waals surface area contributed by atoms with E-state index in [1.807, 2.05) is 19.1 Å². The lowest BCUT2D eigenvalue weighted by molar-refractivity contribution is 0.0963. The minimum atomic E-state index is -0.206. The fourth-order valence-electron chi connectivity index (χ4n) is 4.53. The quantitative estimate of drug-likeness (QED) is 0.447. The molecule has 0 aliphatic carbocycles. The molecule has 180 valence electrons. The molecule has 32 heavy (non-hydrogen) atoms. The highest BCUT2D eigenvalue weighted by Crippen LogP contribution is 2.19. The first-order chi connectivity index (χ1) is 15.5. The van der Waals surface area contributed by atoms with Crippen LogP contribution < -0.4 is 10.6 Å². The molecule has 8 heteroatoms. The molecule has 3 rings (SSSR count). The van der Waals surface area contributed by atoms with E-state index in [4.69, 9.17) is 14.1 Å². The van der Waals surface area contributed by atoms with Crippen molar-refractivity contribution in [3.8, 4) is 0 Å². The fraction of sp³-hybridized carbons (Fsp3) is 0.750. The number of amides is 1. The Morgan fingerprint density at radius 2 is 2.09 bits per heavy atom. The zero-order valence-electron chi connectivity index (χ0n) is 20.0. The summed E-state index contributed by atoms with van der Waals surface area (Å²) < 4.78 is 10.6. The van der Waals surface area contributed by atoms with Gasteiger partial charge in [-0.05, 0) is 57.2 Å². The number of guanidine groups is 1. The third-order valence-electron chi connectivity index (χ3n) is 6.16. The third kappa shape index (κ3) is 7.73. The van der Waals surface area contributed by atoms with Gasteiger partial charge < -0.3 is 24.7 Å². The summed E-state index contributed by atoms with van der Waals surface area (Å²) in [7, 11) is 0. The zero-order valence-corrected chi connectivity index (χ0v) is 20.0. The van der Waals surface area contributed by atoms with E-state index in [1.165, 1.54) is 19.4 Å². The summed E-state index contributed by atoms with van der Waals surface area (Å²) in [5.74, 6) is 2.51. The maximum Gasteiger partial charge on any atom is 0.409 e. The number of hydrogen-bond acceptors (Lipinski definition) is 5. The van der Waals surface area contributed by atoms with Gasteiger partial charge in [-0.25, -0.2) is 4.79 Å². The second-order valence-electron chi connectivity index (χ2n) is 9.23. The maximum absolute atomic E-state index is 12.0. The van der Waals surface area contributed by atoms with Crippen LogP contribution in [0.5, 0.6) is 0 Å². The first-order valence-electron chi connectivity index (χ1n) is 12.3. The first kappa shape index (κ1) is 24.4. The van der Waals surface area contributed by atoms with E-state index in [1.54, 1.807) is 11.2 Å². The Morgan fingerprint density at radius 1 is 1.28 bits per heavy atom. The third-order valence-corrected chi connectivity index (χ3v) is 6.16. The number of hydrogen-bond donors (Lipinski definition) is 2. The largest absolute Gasteiger partial charge is 0.469 e. The summed E-state index contributed by atoms with van der Waals surface area (Å²) in [6.45, 7) is 12.1. The molecule has 0 saturated carbocycles. The molecule has 2 aliphatic rings. The van der Waals surface area contributed by atoms with E-state index >= 15 is 0 Å². The number of carbonyl (C=O) groups is 1. The van der Waals surface area contributed by atoms with Crippen LogP contribution in [-0.2, 0) is 11.2 Å². The minimum Gasteiger partial charge on any atom is -0.469 e. The summed E-state index contributed by atoms with van der Waals surface area (Å²) >= 11 is 0. The molecule has 8 nitrogen and oxygen atoms in total. The number of ether oxygens (including phenoxy) is 1. The second-order valence-corrected chi connectivity index (χ2v) is 9.23. The van der Waals surface area contributed by atoms with Crippen LogP contribution >= 0.6 is 0 Å². The Morgan fingerprint density at radius 3 is 2.78 bits per heavy atom. The van der Waals surface area contributed by atoms with Crippen molar-refractivity contribution in [1.82, 2.24) is 20.4 Å². The van der Waals surface area contributed by atoms with Crippen LogP contribution in [0.2, 0.25) is 0 Å². The van der Waals surface area contributed by atoms with Gasteiger partial charge in [0.25, 0.3) is 0 Å². The van der Waals surface area contributed by atoms with E-state index in [-0.39, 0.29) is 6.09 Å². The minimum absolute atomic E-state index is 0.206. The van der Waals surface area contributed by atoms with E-state index in [0.717, 1.165) is 50.6 Å². The molecule has 2 fully saturated rings. The van der Waals surface area contributed by atoms with Crippen molar-refractivity contribution in [1.29, 1.82) is 0 Å². The van der Waals surface area contributed by atoms with Gasteiger partial charge in [0.2, 0.25) is 0 Å². The van der Waals surface area contributed by atoms with Crippen molar-refractivity contribution in [2.75, 3.05) is 45.9 Å². The van der Waals surface area contributed by atoms with Crippen molar-refractivity contribution < 1.29 is 13.9 Å². The summed E-state index contributed by atoms with van der Waals surface area (Å²) in [4.78, 5) is 21.3. The smallest absolute Gasteiger partial charge is 0.409 e. The van der Waals surface area contributed by atoms with Gasteiger partial charge in [0.15, 0.2) is 5.96 Å². The van der Waals surface area contributed by atoms with Crippen LogP contribution in [0.3, 0.4) is 0 Å². The number of nitrogens with one attached hydrogen (secondary N) is 2. The number of piperidine rings is 1. The van der Waals surface area contributed by atoms with Crippen LogP contribution in [0.25, 0.3) is 0 Å². The van der Waals surface area contributed by atoms with Crippen molar-refractivity contribution in [3.63, 3.8) is 0 Å². The summed E-state index contributed by atoms with van der Waals surface area (Å²) in [6, 6.07) is 4.74. The average molecular weight is 448 g/mol. The molecule has 1 aromatic heterocycles. The molecule has 0 bridgehead atoms. The second kappa shape index (κ2) is 12.7. The molecule has 0 unspecified atom stereocenters. The molecule has 0 aromatic carbocycles. The lowest BCUT2D eigenvalue weighted by Gasteiger charge is -2.32. The van der Waals surface area contributed by atoms with Gasteiger partial charge in [-0.15, -0.1) is 0 Å². The maximum atomic E-state index is 12.0. The SMILES string of the molecule is CCOC(=O)N1CCC(NC(=NC[C@H]2CCCN2CC(C)C)NCCc2ccco2)CC1. The molecule has 1 amide bonds. The molecule has 2 saturated heterocycles. The molecule has 1 aromatic rings. The van der Waals surface area contributed by atoms with E-state index < -0.39 is 0 Å². The van der Waals surface area contributed by atoms with Gasteiger partial charge in [-0.3, -0.25) is 9.89 Å². The lowest BCUT2D eigenvalue weighted by atomic mass is 10.1. The van der Waals surface area contributed by atoms with Crippen LogP contribution in [-0.4, -0.2) is 79.8 Å². The van der Waals surface area contributed by atoms with Crippen LogP contribution in [0.1, 0.15) is 52.2 Å². The monoisotopic (exact) mass is 447 g/mol. The predicted octanol–water partition coefficient (Wildman–Crippen LogP) is 3.10. The van der Waals surface area contributed by atoms with E-state index in [0.29, 0.717) is 37.7 Å². The topological polar surface area (TPSA) is 82.3 Å². The van der Waals surface area contributed by atoms with Crippen molar-refractivity contribution in [3.05, 3.63) is 24.2 Å². The Labute approximate surface area is 192 Å². The van der Waals surface area contributed by atoms with Crippen molar-refractivity contribution >= 4 is 12.1 Å². The number of nitrogens with zero attached hydrogens (tertiary/aromatic N) is 3. The molecular formula is C24H41N5O3. The van der Waals surface area contributed by atoms with Crippen LogP contribution in [0.4, 0.5) is 4.79 Å². The summed E-state index contributed by atoms with van der Waals surface area (Å²) in [5.41, 5.74) is 0. The first-order valence-corrected chi connectivity index (χ1v) is 12.3. The van der Waals surface area contributed by atoms with Crippen LogP contribution in [0, 0.1) is 5.92 Å². The Hall–Kier alpha value is -2.22. The average Bonchev–Trinajstić information content (AvgIpc) is 3.44. The highest BCUT2D eigenvalue weighted by molar-refractivity contribution is 5.80. The number of carbonyl (C=O) groups excluding carboxylic acids is 1. The molecule has 1 atom stereocenters. The Balaban J connectivity index is 1.54. The van der Waals surface area contributed by atoms with E-state index in [2.05, 4.69) is 29.4 Å². The molecule has 2 N–H and O–H groups in total. The van der Waals surface area contributed by atoms with Gasteiger partial charge >= 0.3 is 6.09 Å². The number of likely N-dealkylation sites (tertiary alicyclic amines) is 2. The van der Waals surface area contributed by atoms with Gasteiger partial charge in [-0.1, -0.05) is 13.8 Å². The summed E-state index contributed by atoms with van der Waals surface area (Å²) in [5, 5.41) is 7.11. The normalized spacial score (nSPS) is 20.7. The molecule has 0 radical (unpaired) electrons. The van der Waals surface area contributed by atoms with Gasteiger partial charge in [-0.2, -0.15) is 0 Å². The number of rotatable bonds is 9. The van der Waals surface area contributed by atoms with Gasteiger partial charge in [0, 0.05) is 44.7 Å². The van der Waals surface area contributed by atoms with Crippen molar-refractivity contribution in [2.45, 2.75) is 65.0 Å². The number of aliphatic imine (C=N–C) groups is 1. The predicted molar refractivity (Wildman–Crippen MR) is 127 cm³/mol. The molecule has 3 heterocycles.